The number of carbonyl (C=O) groups is 1. The van der Waals surface area contributed by atoms with Crippen LogP contribution in [0.2, 0.25) is 0 Å². The van der Waals surface area contributed by atoms with E-state index in [9.17, 15) is 14.9 Å². The first-order chi connectivity index (χ1) is 17.1. The van der Waals surface area contributed by atoms with Crippen molar-refractivity contribution in [2.45, 2.75) is 50.4 Å². The Balaban J connectivity index is 1.33. The summed E-state index contributed by atoms with van der Waals surface area (Å²) in [6.07, 6.45) is 7.33. The SMILES string of the molecule is O=C(Nc1ccc(OCCCN2CCCCCC2)cc1)C1(c2ccc([N+](=O)[O-])cc2)CCOCC1. The zero-order chi connectivity index (χ0) is 24.5. The summed E-state index contributed by atoms with van der Waals surface area (Å²) in [7, 11) is 0. The number of likely N-dealkylation sites (tertiary alicyclic amines) is 1. The Labute approximate surface area is 206 Å². The molecule has 0 spiro atoms. The smallest absolute Gasteiger partial charge is 0.269 e. The summed E-state index contributed by atoms with van der Waals surface area (Å²) in [5.74, 6) is 0.663. The summed E-state index contributed by atoms with van der Waals surface area (Å²) in [5.41, 5.74) is 0.696. The first kappa shape index (κ1) is 25.1. The average molecular weight is 482 g/mol. The Kier molecular flexibility index (Phi) is 8.71. The van der Waals surface area contributed by atoms with Crippen LogP contribution in [-0.4, -0.2) is 55.2 Å². The molecule has 0 atom stereocenters. The van der Waals surface area contributed by atoms with Crippen molar-refractivity contribution in [2.24, 2.45) is 0 Å². The van der Waals surface area contributed by atoms with E-state index in [0.717, 1.165) is 24.3 Å². The number of rotatable bonds is 9. The van der Waals surface area contributed by atoms with Crippen molar-refractivity contribution in [3.63, 3.8) is 0 Å². The number of nitro groups is 1. The Hall–Kier alpha value is -2.97. The zero-order valence-electron chi connectivity index (χ0n) is 20.2. The molecule has 8 heteroatoms. The van der Waals surface area contributed by atoms with Crippen molar-refractivity contribution in [1.29, 1.82) is 0 Å². The van der Waals surface area contributed by atoms with E-state index in [1.165, 1.54) is 50.9 Å². The van der Waals surface area contributed by atoms with Gasteiger partial charge in [0.05, 0.1) is 16.9 Å². The molecule has 2 saturated heterocycles. The first-order valence-electron chi connectivity index (χ1n) is 12.7. The van der Waals surface area contributed by atoms with E-state index in [0.29, 0.717) is 38.3 Å². The molecule has 35 heavy (non-hydrogen) atoms. The van der Waals surface area contributed by atoms with Crippen molar-refractivity contribution >= 4 is 17.3 Å². The van der Waals surface area contributed by atoms with Crippen LogP contribution in [0, 0.1) is 10.1 Å². The van der Waals surface area contributed by atoms with Crippen molar-refractivity contribution in [3.8, 4) is 5.75 Å². The molecular weight excluding hydrogens is 446 g/mol. The van der Waals surface area contributed by atoms with Gasteiger partial charge in [0, 0.05) is 37.6 Å². The average Bonchev–Trinajstić information content (AvgIpc) is 3.17. The maximum absolute atomic E-state index is 13.4. The van der Waals surface area contributed by atoms with Gasteiger partial charge in [-0.25, -0.2) is 0 Å². The van der Waals surface area contributed by atoms with Crippen LogP contribution in [0.3, 0.4) is 0 Å². The van der Waals surface area contributed by atoms with Gasteiger partial charge in [0.2, 0.25) is 5.91 Å². The van der Waals surface area contributed by atoms with Gasteiger partial charge in [0.1, 0.15) is 5.75 Å². The number of anilines is 1. The number of carbonyl (C=O) groups excluding carboxylic acids is 1. The van der Waals surface area contributed by atoms with Gasteiger partial charge in [-0.15, -0.1) is 0 Å². The maximum Gasteiger partial charge on any atom is 0.269 e. The monoisotopic (exact) mass is 481 g/mol. The highest BCUT2D eigenvalue weighted by atomic mass is 16.6. The zero-order valence-corrected chi connectivity index (χ0v) is 20.2. The number of nitro benzene ring substituents is 1. The van der Waals surface area contributed by atoms with Crippen LogP contribution in [0.1, 0.15) is 50.5 Å². The number of ether oxygens (including phenoxy) is 2. The molecule has 4 rings (SSSR count). The van der Waals surface area contributed by atoms with Crippen LogP contribution in [0.15, 0.2) is 48.5 Å². The number of nitrogens with zero attached hydrogens (tertiary/aromatic N) is 2. The minimum atomic E-state index is -0.782. The highest BCUT2D eigenvalue weighted by molar-refractivity contribution is 5.99. The van der Waals surface area contributed by atoms with Crippen LogP contribution < -0.4 is 10.1 Å². The van der Waals surface area contributed by atoms with Crippen molar-refractivity contribution in [2.75, 3.05) is 44.8 Å². The fourth-order valence-electron chi connectivity index (χ4n) is 4.99. The van der Waals surface area contributed by atoms with E-state index >= 15 is 0 Å². The molecule has 0 unspecified atom stereocenters. The molecule has 2 heterocycles. The van der Waals surface area contributed by atoms with E-state index < -0.39 is 10.3 Å². The summed E-state index contributed by atoms with van der Waals surface area (Å²) >= 11 is 0. The van der Waals surface area contributed by atoms with Crippen LogP contribution in [0.4, 0.5) is 11.4 Å². The number of benzene rings is 2. The fourth-order valence-corrected chi connectivity index (χ4v) is 4.99. The number of non-ortho nitro benzene ring substituents is 1. The number of hydrogen-bond acceptors (Lipinski definition) is 6. The topological polar surface area (TPSA) is 93.9 Å². The summed E-state index contributed by atoms with van der Waals surface area (Å²) in [4.78, 5) is 26.6. The molecule has 8 nitrogen and oxygen atoms in total. The number of hydrogen-bond donors (Lipinski definition) is 1. The molecule has 2 fully saturated rings. The highest BCUT2D eigenvalue weighted by Crippen LogP contribution is 2.37. The van der Waals surface area contributed by atoms with Crippen molar-refractivity contribution in [3.05, 3.63) is 64.2 Å². The molecule has 0 bridgehead atoms. The van der Waals surface area contributed by atoms with E-state index in [4.69, 9.17) is 9.47 Å². The van der Waals surface area contributed by atoms with Crippen molar-refractivity contribution < 1.29 is 19.2 Å². The van der Waals surface area contributed by atoms with Gasteiger partial charge in [-0.3, -0.25) is 14.9 Å². The van der Waals surface area contributed by atoms with Gasteiger partial charge in [-0.1, -0.05) is 25.0 Å². The number of amides is 1. The second-order valence-electron chi connectivity index (χ2n) is 9.43. The van der Waals surface area contributed by atoms with Crippen LogP contribution >= 0.6 is 0 Å². The molecule has 2 aliphatic heterocycles. The molecule has 2 aromatic rings. The Morgan fingerprint density at radius 3 is 2.29 bits per heavy atom. The quantitative estimate of drug-likeness (QED) is 0.310. The molecule has 1 amide bonds. The Morgan fingerprint density at radius 1 is 1.00 bits per heavy atom. The first-order valence-corrected chi connectivity index (χ1v) is 12.7. The van der Waals surface area contributed by atoms with Gasteiger partial charge in [-0.05, 0) is 75.0 Å². The lowest BCUT2D eigenvalue weighted by Gasteiger charge is -2.36. The van der Waals surface area contributed by atoms with E-state index in [1.807, 2.05) is 24.3 Å². The minimum Gasteiger partial charge on any atom is -0.494 e. The third kappa shape index (κ3) is 6.58. The fraction of sp³-hybridized carbons (Fsp3) is 0.519. The second-order valence-corrected chi connectivity index (χ2v) is 9.43. The number of nitrogens with one attached hydrogen (secondary N) is 1. The lowest BCUT2D eigenvalue weighted by molar-refractivity contribution is -0.384. The van der Waals surface area contributed by atoms with Crippen LogP contribution in [-0.2, 0) is 14.9 Å². The maximum atomic E-state index is 13.4. The van der Waals surface area contributed by atoms with E-state index in [-0.39, 0.29) is 11.6 Å². The lowest BCUT2D eigenvalue weighted by atomic mass is 9.73. The molecule has 2 aliphatic rings. The van der Waals surface area contributed by atoms with Gasteiger partial charge in [0.15, 0.2) is 0 Å². The van der Waals surface area contributed by atoms with Crippen LogP contribution in [0.25, 0.3) is 0 Å². The molecule has 1 N–H and O–H groups in total. The van der Waals surface area contributed by atoms with E-state index in [2.05, 4.69) is 10.2 Å². The Morgan fingerprint density at radius 2 is 1.66 bits per heavy atom. The molecule has 2 aromatic carbocycles. The molecular formula is C27H35N3O5. The standard InChI is InChI=1S/C27H35N3O5/c31-26(27(14-20-34-21-15-27)22-6-10-24(11-7-22)30(32)33)28-23-8-12-25(13-9-23)35-19-5-18-29-16-3-1-2-4-17-29/h6-13H,1-5,14-21H2,(H,28,31). The second kappa shape index (κ2) is 12.1. The van der Waals surface area contributed by atoms with E-state index in [1.54, 1.807) is 12.1 Å². The summed E-state index contributed by atoms with van der Waals surface area (Å²) in [6, 6.07) is 13.7. The molecule has 0 aromatic heterocycles. The predicted molar refractivity (Wildman–Crippen MR) is 135 cm³/mol. The molecule has 0 radical (unpaired) electrons. The van der Waals surface area contributed by atoms with Crippen molar-refractivity contribution in [1.82, 2.24) is 4.90 Å². The van der Waals surface area contributed by atoms with Crippen LogP contribution in [0.5, 0.6) is 5.75 Å². The minimum absolute atomic E-state index is 0.0124. The molecule has 0 saturated carbocycles. The third-order valence-electron chi connectivity index (χ3n) is 7.11. The van der Waals surface area contributed by atoms with Gasteiger partial charge < -0.3 is 19.7 Å². The normalized spacial score (nSPS) is 18.4. The highest BCUT2D eigenvalue weighted by Gasteiger charge is 2.42. The summed E-state index contributed by atoms with van der Waals surface area (Å²) in [6.45, 7) is 5.07. The largest absolute Gasteiger partial charge is 0.494 e. The molecule has 0 aliphatic carbocycles. The Bertz CT molecular complexity index is 963. The summed E-state index contributed by atoms with van der Waals surface area (Å²) < 4.78 is 11.4. The molecule has 188 valence electrons. The lowest BCUT2D eigenvalue weighted by Crippen LogP contribution is -2.44. The third-order valence-corrected chi connectivity index (χ3v) is 7.11. The predicted octanol–water partition coefficient (Wildman–Crippen LogP) is 4.93. The van der Waals surface area contributed by atoms with Gasteiger partial charge >= 0.3 is 0 Å². The summed E-state index contributed by atoms with van der Waals surface area (Å²) in [5, 5.41) is 14.1. The van der Waals surface area contributed by atoms with Gasteiger partial charge in [-0.2, -0.15) is 0 Å². The van der Waals surface area contributed by atoms with Gasteiger partial charge in [0.25, 0.3) is 5.69 Å².